The standard InChI is InChI=1S/C13H17NO3S2/c1-9-2-3-11(18)6-12(9)13(15)14-7-10-4-5-19(16,17)8-10/h2-3,6,10,18H,4-5,7-8H2,1H3,(H,14,15). The van der Waals surface area contributed by atoms with Crippen LogP contribution in [0.1, 0.15) is 22.3 Å². The molecule has 0 spiro atoms. The van der Waals surface area contributed by atoms with Gasteiger partial charge in [-0.3, -0.25) is 4.79 Å². The number of hydrogen-bond acceptors (Lipinski definition) is 4. The van der Waals surface area contributed by atoms with E-state index in [1.54, 1.807) is 6.07 Å². The zero-order valence-electron chi connectivity index (χ0n) is 10.7. The Morgan fingerprint density at radius 1 is 1.47 bits per heavy atom. The van der Waals surface area contributed by atoms with Crippen molar-refractivity contribution in [3.05, 3.63) is 29.3 Å². The van der Waals surface area contributed by atoms with Gasteiger partial charge in [0, 0.05) is 17.0 Å². The zero-order valence-corrected chi connectivity index (χ0v) is 12.4. The Bertz CT molecular complexity index is 596. The molecule has 0 bridgehead atoms. The van der Waals surface area contributed by atoms with Crippen LogP contribution in [-0.2, 0) is 9.84 Å². The van der Waals surface area contributed by atoms with Crippen molar-refractivity contribution in [2.45, 2.75) is 18.2 Å². The van der Waals surface area contributed by atoms with Crippen LogP contribution in [0.5, 0.6) is 0 Å². The van der Waals surface area contributed by atoms with Crippen LogP contribution < -0.4 is 5.32 Å². The molecule has 1 heterocycles. The molecule has 0 saturated carbocycles. The van der Waals surface area contributed by atoms with Crippen molar-refractivity contribution in [2.75, 3.05) is 18.1 Å². The summed E-state index contributed by atoms with van der Waals surface area (Å²) in [6.07, 6.45) is 0.633. The van der Waals surface area contributed by atoms with Crippen LogP contribution in [0.25, 0.3) is 0 Å². The SMILES string of the molecule is Cc1ccc(S)cc1C(=O)NCC1CCS(=O)(=O)C1. The molecule has 1 atom stereocenters. The van der Waals surface area contributed by atoms with Gasteiger partial charge in [-0.25, -0.2) is 8.42 Å². The number of aryl methyl sites for hydroxylation is 1. The highest BCUT2D eigenvalue weighted by Crippen LogP contribution is 2.18. The molecule has 104 valence electrons. The molecule has 1 aliphatic rings. The van der Waals surface area contributed by atoms with E-state index in [1.807, 2.05) is 19.1 Å². The number of hydrogen-bond donors (Lipinski definition) is 2. The fourth-order valence-electron chi connectivity index (χ4n) is 2.22. The molecule has 2 rings (SSSR count). The Balaban J connectivity index is 1.97. The Morgan fingerprint density at radius 2 is 2.21 bits per heavy atom. The minimum Gasteiger partial charge on any atom is -0.352 e. The van der Waals surface area contributed by atoms with Gasteiger partial charge in [0.2, 0.25) is 0 Å². The van der Waals surface area contributed by atoms with E-state index in [2.05, 4.69) is 17.9 Å². The number of rotatable bonds is 3. The number of thiol groups is 1. The maximum absolute atomic E-state index is 12.0. The molecule has 19 heavy (non-hydrogen) atoms. The molecule has 1 N–H and O–H groups in total. The third kappa shape index (κ3) is 3.73. The van der Waals surface area contributed by atoms with Crippen molar-refractivity contribution in [3.8, 4) is 0 Å². The molecule has 1 aromatic rings. The average molecular weight is 299 g/mol. The van der Waals surface area contributed by atoms with Gasteiger partial charge in [-0.05, 0) is 37.0 Å². The monoisotopic (exact) mass is 299 g/mol. The van der Waals surface area contributed by atoms with Crippen LogP contribution in [0.15, 0.2) is 23.1 Å². The summed E-state index contributed by atoms with van der Waals surface area (Å²) in [5, 5.41) is 2.81. The normalized spacial score (nSPS) is 21.3. The van der Waals surface area contributed by atoms with E-state index < -0.39 is 9.84 Å². The lowest BCUT2D eigenvalue weighted by Gasteiger charge is -2.11. The van der Waals surface area contributed by atoms with E-state index in [-0.39, 0.29) is 23.3 Å². The zero-order chi connectivity index (χ0) is 14.0. The first kappa shape index (κ1) is 14.4. The van der Waals surface area contributed by atoms with Crippen LogP contribution in [0.3, 0.4) is 0 Å². The van der Waals surface area contributed by atoms with Gasteiger partial charge in [0.05, 0.1) is 11.5 Å². The lowest BCUT2D eigenvalue weighted by Crippen LogP contribution is -2.30. The molecular formula is C13H17NO3S2. The summed E-state index contributed by atoms with van der Waals surface area (Å²) in [4.78, 5) is 12.8. The first-order valence-electron chi connectivity index (χ1n) is 6.15. The minimum absolute atomic E-state index is 0.0356. The molecule has 0 radical (unpaired) electrons. The molecule has 1 aromatic carbocycles. The summed E-state index contributed by atoms with van der Waals surface area (Å²) in [6, 6.07) is 5.40. The second kappa shape index (κ2) is 5.54. The Labute approximate surface area is 118 Å². The number of nitrogens with one attached hydrogen (secondary N) is 1. The Kier molecular flexibility index (Phi) is 4.20. The number of carbonyl (C=O) groups is 1. The van der Waals surface area contributed by atoms with Crippen molar-refractivity contribution in [1.82, 2.24) is 5.32 Å². The largest absolute Gasteiger partial charge is 0.352 e. The van der Waals surface area contributed by atoms with Gasteiger partial charge in [0.15, 0.2) is 9.84 Å². The molecule has 1 fully saturated rings. The number of benzene rings is 1. The highest BCUT2D eigenvalue weighted by Gasteiger charge is 2.28. The second-order valence-corrected chi connectivity index (χ2v) is 7.72. The van der Waals surface area contributed by atoms with Gasteiger partial charge in [0.1, 0.15) is 0 Å². The molecule has 6 heteroatoms. The van der Waals surface area contributed by atoms with Crippen molar-refractivity contribution in [3.63, 3.8) is 0 Å². The maximum Gasteiger partial charge on any atom is 0.251 e. The van der Waals surface area contributed by atoms with Gasteiger partial charge in [-0.2, -0.15) is 0 Å². The summed E-state index contributed by atoms with van der Waals surface area (Å²) in [7, 11) is -2.89. The molecule has 0 aromatic heterocycles. The predicted molar refractivity (Wildman–Crippen MR) is 77.5 cm³/mol. The van der Waals surface area contributed by atoms with E-state index in [0.29, 0.717) is 18.5 Å². The molecule has 0 aliphatic carbocycles. The van der Waals surface area contributed by atoms with Crippen molar-refractivity contribution >= 4 is 28.4 Å². The van der Waals surface area contributed by atoms with E-state index in [4.69, 9.17) is 0 Å². The fraction of sp³-hybridized carbons (Fsp3) is 0.462. The molecular weight excluding hydrogens is 282 g/mol. The van der Waals surface area contributed by atoms with Gasteiger partial charge >= 0.3 is 0 Å². The maximum atomic E-state index is 12.0. The Hall–Kier alpha value is -1.01. The number of carbonyl (C=O) groups excluding carboxylic acids is 1. The molecule has 1 amide bonds. The highest BCUT2D eigenvalue weighted by molar-refractivity contribution is 7.91. The summed E-state index contributed by atoms with van der Waals surface area (Å²) in [5.74, 6) is 0.281. The minimum atomic E-state index is -2.89. The van der Waals surface area contributed by atoms with E-state index >= 15 is 0 Å². The summed E-state index contributed by atoms with van der Waals surface area (Å²) in [6.45, 7) is 2.27. The van der Waals surface area contributed by atoms with Crippen molar-refractivity contribution < 1.29 is 13.2 Å². The molecule has 1 unspecified atom stereocenters. The van der Waals surface area contributed by atoms with Crippen LogP contribution in [0.4, 0.5) is 0 Å². The molecule has 4 nitrogen and oxygen atoms in total. The summed E-state index contributed by atoms with van der Waals surface area (Å²) in [5.41, 5.74) is 1.47. The third-order valence-electron chi connectivity index (χ3n) is 3.34. The van der Waals surface area contributed by atoms with E-state index in [0.717, 1.165) is 10.5 Å². The average Bonchev–Trinajstić information content (AvgIpc) is 2.69. The quantitative estimate of drug-likeness (QED) is 0.830. The van der Waals surface area contributed by atoms with Crippen LogP contribution in [-0.4, -0.2) is 32.4 Å². The predicted octanol–water partition coefficient (Wildman–Crippen LogP) is 1.45. The van der Waals surface area contributed by atoms with E-state index in [9.17, 15) is 13.2 Å². The lowest BCUT2D eigenvalue weighted by molar-refractivity contribution is 0.0947. The van der Waals surface area contributed by atoms with Gasteiger partial charge in [0.25, 0.3) is 5.91 Å². The van der Waals surface area contributed by atoms with E-state index in [1.165, 1.54) is 0 Å². The van der Waals surface area contributed by atoms with Crippen LogP contribution in [0.2, 0.25) is 0 Å². The highest BCUT2D eigenvalue weighted by atomic mass is 32.2. The fourth-order valence-corrected chi connectivity index (χ4v) is 4.29. The lowest BCUT2D eigenvalue weighted by atomic mass is 10.1. The number of sulfone groups is 1. The third-order valence-corrected chi connectivity index (χ3v) is 5.46. The van der Waals surface area contributed by atoms with Crippen LogP contribution in [0, 0.1) is 12.8 Å². The first-order valence-corrected chi connectivity index (χ1v) is 8.42. The first-order chi connectivity index (χ1) is 8.87. The molecule has 1 aliphatic heterocycles. The van der Waals surface area contributed by atoms with Crippen molar-refractivity contribution in [2.24, 2.45) is 5.92 Å². The van der Waals surface area contributed by atoms with Gasteiger partial charge in [-0.15, -0.1) is 12.6 Å². The summed E-state index contributed by atoms with van der Waals surface area (Å²) < 4.78 is 22.7. The second-order valence-electron chi connectivity index (χ2n) is 4.98. The van der Waals surface area contributed by atoms with Crippen LogP contribution >= 0.6 is 12.6 Å². The van der Waals surface area contributed by atoms with Crippen molar-refractivity contribution in [1.29, 1.82) is 0 Å². The Morgan fingerprint density at radius 3 is 2.84 bits per heavy atom. The number of amides is 1. The topological polar surface area (TPSA) is 63.2 Å². The van der Waals surface area contributed by atoms with Gasteiger partial charge in [-0.1, -0.05) is 6.07 Å². The molecule has 1 saturated heterocycles. The van der Waals surface area contributed by atoms with Gasteiger partial charge < -0.3 is 5.32 Å². The summed E-state index contributed by atoms with van der Waals surface area (Å²) >= 11 is 4.21. The smallest absolute Gasteiger partial charge is 0.251 e.